The Bertz CT molecular complexity index is 475. The van der Waals surface area contributed by atoms with E-state index in [1.165, 1.54) is 6.42 Å². The Morgan fingerprint density at radius 3 is 3.06 bits per heavy atom. The highest BCUT2D eigenvalue weighted by molar-refractivity contribution is 5.96. The van der Waals surface area contributed by atoms with Gasteiger partial charge in [-0.3, -0.25) is 4.79 Å². The molecule has 2 aliphatic rings. The maximum absolute atomic E-state index is 11.3. The second-order valence-corrected chi connectivity index (χ2v) is 4.89. The zero-order chi connectivity index (χ0) is 12.5. The lowest BCUT2D eigenvalue weighted by Crippen LogP contribution is -2.35. The molecule has 2 atom stereocenters. The largest absolute Gasteiger partial charge is 0.482 e. The monoisotopic (exact) mass is 247 g/mol. The summed E-state index contributed by atoms with van der Waals surface area (Å²) >= 11 is 0. The summed E-state index contributed by atoms with van der Waals surface area (Å²) in [5.41, 5.74) is 7.73. The fourth-order valence-corrected chi connectivity index (χ4v) is 2.55. The van der Waals surface area contributed by atoms with E-state index in [0.29, 0.717) is 6.04 Å². The zero-order valence-corrected chi connectivity index (χ0v) is 10.1. The first-order valence-corrected chi connectivity index (χ1v) is 6.31. The molecule has 96 valence electrons. The van der Waals surface area contributed by atoms with E-state index >= 15 is 0 Å². The van der Waals surface area contributed by atoms with Crippen LogP contribution in [0.1, 0.15) is 19.3 Å². The van der Waals surface area contributed by atoms with Crippen molar-refractivity contribution < 1.29 is 9.53 Å². The fourth-order valence-electron chi connectivity index (χ4n) is 2.55. The minimum absolute atomic E-state index is 0.0905. The summed E-state index contributed by atoms with van der Waals surface area (Å²) in [6, 6.07) is 6.27. The van der Waals surface area contributed by atoms with Crippen LogP contribution < -0.4 is 21.1 Å². The minimum Gasteiger partial charge on any atom is -0.482 e. The van der Waals surface area contributed by atoms with Gasteiger partial charge < -0.3 is 21.1 Å². The summed E-state index contributed by atoms with van der Waals surface area (Å²) < 4.78 is 5.32. The van der Waals surface area contributed by atoms with Gasteiger partial charge in [0.15, 0.2) is 6.61 Å². The van der Waals surface area contributed by atoms with Gasteiger partial charge in [-0.05, 0) is 37.5 Å². The quantitative estimate of drug-likeness (QED) is 0.736. The van der Waals surface area contributed by atoms with Crippen molar-refractivity contribution in [3.05, 3.63) is 18.2 Å². The molecule has 0 radical (unpaired) electrons. The van der Waals surface area contributed by atoms with Gasteiger partial charge in [-0.1, -0.05) is 0 Å². The Labute approximate surface area is 106 Å². The molecule has 0 bridgehead atoms. The van der Waals surface area contributed by atoms with Gasteiger partial charge in [0, 0.05) is 17.8 Å². The van der Waals surface area contributed by atoms with Gasteiger partial charge >= 0.3 is 0 Å². The topological polar surface area (TPSA) is 76.4 Å². The number of rotatable bonds is 2. The second kappa shape index (κ2) is 4.49. The maximum Gasteiger partial charge on any atom is 0.262 e. The van der Waals surface area contributed by atoms with Crippen LogP contribution in [0.4, 0.5) is 11.4 Å². The normalized spacial score (nSPS) is 26.2. The Morgan fingerprint density at radius 2 is 2.28 bits per heavy atom. The molecular weight excluding hydrogens is 230 g/mol. The highest BCUT2D eigenvalue weighted by atomic mass is 16.5. The van der Waals surface area contributed by atoms with E-state index in [9.17, 15) is 4.79 Å². The summed E-state index contributed by atoms with van der Waals surface area (Å²) in [6.45, 7) is 0.0905. The van der Waals surface area contributed by atoms with Crippen LogP contribution in [0.2, 0.25) is 0 Å². The summed E-state index contributed by atoms with van der Waals surface area (Å²) in [6.07, 6.45) is 3.34. The van der Waals surface area contributed by atoms with E-state index in [4.69, 9.17) is 10.5 Å². The molecule has 1 heterocycles. The molecule has 1 aliphatic heterocycles. The number of benzene rings is 1. The molecule has 18 heavy (non-hydrogen) atoms. The summed E-state index contributed by atoms with van der Waals surface area (Å²) in [5, 5.41) is 6.22. The van der Waals surface area contributed by atoms with Crippen molar-refractivity contribution in [3.8, 4) is 5.75 Å². The molecule has 3 rings (SSSR count). The lowest BCUT2D eigenvalue weighted by atomic mass is 10.1. The van der Waals surface area contributed by atoms with Gasteiger partial charge in [-0.15, -0.1) is 0 Å². The van der Waals surface area contributed by atoms with Gasteiger partial charge in [0.05, 0.1) is 5.69 Å². The molecule has 1 aromatic carbocycles. The zero-order valence-electron chi connectivity index (χ0n) is 10.1. The van der Waals surface area contributed by atoms with Crippen LogP contribution in [0.5, 0.6) is 5.75 Å². The second-order valence-electron chi connectivity index (χ2n) is 4.89. The molecule has 1 aliphatic carbocycles. The third-order valence-corrected chi connectivity index (χ3v) is 3.53. The third-order valence-electron chi connectivity index (χ3n) is 3.53. The Balaban J connectivity index is 1.77. The summed E-state index contributed by atoms with van der Waals surface area (Å²) in [7, 11) is 0. The van der Waals surface area contributed by atoms with E-state index in [1.54, 1.807) is 0 Å². The van der Waals surface area contributed by atoms with Gasteiger partial charge in [0.1, 0.15) is 5.75 Å². The lowest BCUT2D eigenvalue weighted by Gasteiger charge is -2.22. The predicted molar refractivity (Wildman–Crippen MR) is 69.8 cm³/mol. The van der Waals surface area contributed by atoms with E-state index in [2.05, 4.69) is 10.6 Å². The number of amides is 1. The summed E-state index contributed by atoms with van der Waals surface area (Å²) in [4.78, 5) is 11.3. The average Bonchev–Trinajstić information content (AvgIpc) is 2.74. The van der Waals surface area contributed by atoms with Crippen LogP contribution >= 0.6 is 0 Å². The van der Waals surface area contributed by atoms with Gasteiger partial charge in [-0.25, -0.2) is 0 Å². The number of fused-ring (bicyclic) bond motifs is 1. The molecule has 2 unspecified atom stereocenters. The molecule has 0 aromatic heterocycles. The Kier molecular flexibility index (Phi) is 2.83. The van der Waals surface area contributed by atoms with E-state index in [1.807, 2.05) is 18.2 Å². The summed E-state index contributed by atoms with van der Waals surface area (Å²) in [5.74, 6) is 0.605. The first-order chi connectivity index (χ1) is 8.72. The minimum atomic E-state index is -0.114. The standard InChI is InChI=1S/C13H17N3O2/c14-9-2-1-3-10(9)15-8-4-5-12-11(6-8)16-13(17)7-18-12/h4-6,9-10,15H,1-3,7,14H2,(H,16,17). The van der Waals surface area contributed by atoms with Crippen LogP contribution in [-0.4, -0.2) is 24.6 Å². The number of ether oxygens (including phenoxy) is 1. The molecule has 0 spiro atoms. The van der Waals surface area contributed by atoms with E-state index in [-0.39, 0.29) is 18.6 Å². The molecule has 1 amide bonds. The first-order valence-electron chi connectivity index (χ1n) is 6.31. The molecular formula is C13H17N3O2. The van der Waals surface area contributed by atoms with Crippen LogP contribution in [0, 0.1) is 0 Å². The van der Waals surface area contributed by atoms with Gasteiger partial charge in [-0.2, -0.15) is 0 Å². The van der Waals surface area contributed by atoms with E-state index < -0.39 is 0 Å². The van der Waals surface area contributed by atoms with E-state index in [0.717, 1.165) is 30.0 Å². The molecule has 4 N–H and O–H groups in total. The van der Waals surface area contributed by atoms with Crippen molar-refractivity contribution in [1.29, 1.82) is 0 Å². The maximum atomic E-state index is 11.3. The third kappa shape index (κ3) is 2.13. The molecule has 1 aromatic rings. The fraction of sp³-hybridized carbons (Fsp3) is 0.462. The number of hydrogen-bond donors (Lipinski definition) is 3. The van der Waals surface area contributed by atoms with Crippen molar-refractivity contribution >= 4 is 17.3 Å². The van der Waals surface area contributed by atoms with Gasteiger partial charge in [0.25, 0.3) is 5.91 Å². The number of anilines is 2. The van der Waals surface area contributed by atoms with Crippen molar-refractivity contribution in [2.75, 3.05) is 17.2 Å². The van der Waals surface area contributed by atoms with Crippen LogP contribution in [0.15, 0.2) is 18.2 Å². The number of nitrogens with two attached hydrogens (primary N) is 1. The number of nitrogens with one attached hydrogen (secondary N) is 2. The Hall–Kier alpha value is -1.75. The van der Waals surface area contributed by atoms with Crippen LogP contribution in [0.25, 0.3) is 0 Å². The SMILES string of the molecule is NC1CCCC1Nc1ccc2c(c1)NC(=O)CO2. The van der Waals surface area contributed by atoms with Crippen LogP contribution in [0.3, 0.4) is 0 Å². The van der Waals surface area contributed by atoms with Gasteiger partial charge in [0.2, 0.25) is 0 Å². The van der Waals surface area contributed by atoms with Crippen LogP contribution in [-0.2, 0) is 4.79 Å². The number of hydrogen-bond acceptors (Lipinski definition) is 4. The van der Waals surface area contributed by atoms with Crippen molar-refractivity contribution in [2.45, 2.75) is 31.3 Å². The first kappa shape index (κ1) is 11.3. The molecule has 1 fully saturated rings. The number of carbonyl (C=O) groups is 1. The smallest absolute Gasteiger partial charge is 0.262 e. The molecule has 5 heteroatoms. The predicted octanol–water partition coefficient (Wildman–Crippen LogP) is 1.31. The van der Waals surface area contributed by atoms with Crippen molar-refractivity contribution in [1.82, 2.24) is 0 Å². The van der Waals surface area contributed by atoms with Crippen molar-refractivity contribution in [3.63, 3.8) is 0 Å². The highest BCUT2D eigenvalue weighted by Gasteiger charge is 2.24. The average molecular weight is 247 g/mol. The highest BCUT2D eigenvalue weighted by Crippen LogP contribution is 2.31. The molecule has 1 saturated carbocycles. The van der Waals surface area contributed by atoms with Crippen molar-refractivity contribution in [2.24, 2.45) is 5.73 Å². The molecule has 0 saturated heterocycles. The molecule has 5 nitrogen and oxygen atoms in total. The lowest BCUT2D eigenvalue weighted by molar-refractivity contribution is -0.118. The Morgan fingerprint density at radius 1 is 1.39 bits per heavy atom. The number of carbonyl (C=O) groups excluding carboxylic acids is 1.